The summed E-state index contributed by atoms with van der Waals surface area (Å²) in [5.41, 5.74) is 0.597. The molecule has 0 bridgehead atoms. The topological polar surface area (TPSA) is 0 Å². The number of hydrogen-bond acceptors (Lipinski definition) is 0. The molecule has 1 saturated carbocycles. The number of fused-ring (bicyclic) bond motifs is 1. The van der Waals surface area contributed by atoms with Gasteiger partial charge in [-0.1, -0.05) is 26.7 Å². The van der Waals surface area contributed by atoms with Crippen molar-refractivity contribution in [2.45, 2.75) is 27.2 Å². The van der Waals surface area contributed by atoms with Gasteiger partial charge in [0.25, 0.3) is 0 Å². The molecule has 0 aromatic heterocycles. The molecular formula is C10H15Li. The molecule has 1 heteroatoms. The van der Waals surface area contributed by atoms with Crippen molar-refractivity contribution in [1.29, 1.82) is 0 Å². The van der Waals surface area contributed by atoms with Crippen molar-refractivity contribution in [2.24, 2.45) is 23.2 Å². The van der Waals surface area contributed by atoms with E-state index >= 15 is 0 Å². The van der Waals surface area contributed by atoms with Gasteiger partial charge in [-0.2, -0.15) is 5.92 Å². The van der Waals surface area contributed by atoms with Crippen LogP contribution in [0.25, 0.3) is 0 Å². The van der Waals surface area contributed by atoms with Crippen LogP contribution in [-0.2, 0) is 0 Å². The molecule has 0 aromatic rings. The Labute approximate surface area is 81.6 Å². The molecule has 0 radical (unpaired) electrons. The predicted molar refractivity (Wildman–Crippen MR) is 42.4 cm³/mol. The molecule has 3 unspecified atom stereocenters. The molecule has 0 saturated heterocycles. The third-order valence-corrected chi connectivity index (χ3v) is 3.40. The Balaban J connectivity index is 0.000000605. The Hall–Kier alpha value is 0.337. The van der Waals surface area contributed by atoms with Crippen molar-refractivity contribution in [1.82, 2.24) is 0 Å². The van der Waals surface area contributed by atoms with E-state index in [1.165, 1.54) is 6.42 Å². The molecule has 0 aliphatic heterocycles. The normalized spacial score (nSPS) is 45.5. The molecule has 0 aromatic carbocycles. The van der Waals surface area contributed by atoms with Crippen LogP contribution in [0.1, 0.15) is 27.2 Å². The maximum Gasteiger partial charge on any atom is 1.00 e. The summed E-state index contributed by atoms with van der Waals surface area (Å²) in [5, 5.41) is 0. The second kappa shape index (κ2) is 2.68. The van der Waals surface area contributed by atoms with Crippen molar-refractivity contribution < 1.29 is 18.9 Å². The van der Waals surface area contributed by atoms with E-state index in [0.29, 0.717) is 5.41 Å². The van der Waals surface area contributed by atoms with Crippen LogP contribution in [0.2, 0.25) is 0 Å². The van der Waals surface area contributed by atoms with Crippen molar-refractivity contribution in [3.8, 4) is 0 Å². The molecule has 2 aliphatic rings. The molecule has 0 nitrogen and oxygen atoms in total. The van der Waals surface area contributed by atoms with Crippen LogP contribution in [-0.4, -0.2) is 0 Å². The Morgan fingerprint density at radius 1 is 1.55 bits per heavy atom. The Bertz CT molecular complexity index is 183. The van der Waals surface area contributed by atoms with Gasteiger partial charge in [-0.25, -0.2) is 0 Å². The minimum atomic E-state index is 0. The molecule has 0 N–H and O–H groups in total. The zero-order chi connectivity index (χ0) is 7.35. The second-order valence-electron chi connectivity index (χ2n) is 4.18. The third-order valence-electron chi connectivity index (χ3n) is 3.40. The van der Waals surface area contributed by atoms with Crippen LogP contribution in [0.15, 0.2) is 6.08 Å². The summed E-state index contributed by atoms with van der Waals surface area (Å²) in [6.45, 7) is 6.95. The summed E-state index contributed by atoms with van der Waals surface area (Å²) < 4.78 is 0. The van der Waals surface area contributed by atoms with E-state index < -0.39 is 0 Å². The fourth-order valence-corrected chi connectivity index (χ4v) is 2.36. The van der Waals surface area contributed by atoms with Gasteiger partial charge in [0.15, 0.2) is 0 Å². The minimum absolute atomic E-state index is 0. The van der Waals surface area contributed by atoms with Gasteiger partial charge in [-0.3, -0.25) is 6.08 Å². The standard InChI is InChI=1S/C10H15.Li/c1-7(2)10-5-4-8(3)9(10)6-10;/h5,7-9H,6H2,1-3H3;/q-1;+1. The summed E-state index contributed by atoms with van der Waals surface area (Å²) in [4.78, 5) is 0. The summed E-state index contributed by atoms with van der Waals surface area (Å²) >= 11 is 0. The number of allylic oxidation sites excluding steroid dienone is 2. The van der Waals surface area contributed by atoms with E-state index in [-0.39, 0.29) is 18.9 Å². The summed E-state index contributed by atoms with van der Waals surface area (Å²) in [7, 11) is 0. The van der Waals surface area contributed by atoms with Gasteiger partial charge in [0.1, 0.15) is 0 Å². The average Bonchev–Trinajstić information content (AvgIpc) is 2.52. The molecule has 2 rings (SSSR count). The maximum atomic E-state index is 3.42. The summed E-state index contributed by atoms with van der Waals surface area (Å²) in [5.74, 6) is 2.52. The van der Waals surface area contributed by atoms with E-state index in [4.69, 9.17) is 0 Å². The van der Waals surface area contributed by atoms with Crippen LogP contribution >= 0.6 is 0 Å². The van der Waals surface area contributed by atoms with Crippen LogP contribution in [0.5, 0.6) is 0 Å². The zero-order valence-electron chi connectivity index (χ0n) is 8.02. The molecule has 0 amide bonds. The van der Waals surface area contributed by atoms with Gasteiger partial charge >= 0.3 is 18.9 Å². The molecular weight excluding hydrogens is 127 g/mol. The van der Waals surface area contributed by atoms with Crippen LogP contribution in [0.4, 0.5) is 0 Å². The predicted octanol–water partition coefficient (Wildman–Crippen LogP) is -0.338. The minimum Gasteiger partial charge on any atom is -0.497 e. The molecule has 0 spiro atoms. The maximum absolute atomic E-state index is 3.42. The molecule has 2 aliphatic carbocycles. The van der Waals surface area contributed by atoms with Gasteiger partial charge in [0, 0.05) is 0 Å². The number of hydrogen-bond donors (Lipinski definition) is 0. The Morgan fingerprint density at radius 2 is 2.18 bits per heavy atom. The molecule has 11 heavy (non-hydrogen) atoms. The van der Waals surface area contributed by atoms with E-state index in [1.54, 1.807) is 0 Å². The largest absolute Gasteiger partial charge is 1.00 e. The molecule has 1 fully saturated rings. The van der Waals surface area contributed by atoms with Crippen molar-refractivity contribution in [3.05, 3.63) is 12.2 Å². The first-order valence-corrected chi connectivity index (χ1v) is 4.27. The van der Waals surface area contributed by atoms with E-state index in [1.807, 2.05) is 0 Å². The first-order chi connectivity index (χ1) is 4.67. The molecule has 3 atom stereocenters. The van der Waals surface area contributed by atoms with Gasteiger partial charge in [0.05, 0.1) is 0 Å². The second-order valence-corrected chi connectivity index (χ2v) is 4.18. The fraction of sp³-hybridized carbons (Fsp3) is 0.800. The van der Waals surface area contributed by atoms with Crippen molar-refractivity contribution >= 4 is 0 Å². The van der Waals surface area contributed by atoms with Crippen LogP contribution < -0.4 is 18.9 Å². The monoisotopic (exact) mass is 142 g/mol. The van der Waals surface area contributed by atoms with E-state index in [9.17, 15) is 0 Å². The van der Waals surface area contributed by atoms with Gasteiger partial charge < -0.3 is 6.08 Å². The van der Waals surface area contributed by atoms with Gasteiger partial charge in [0.2, 0.25) is 0 Å². The van der Waals surface area contributed by atoms with E-state index in [2.05, 4.69) is 32.9 Å². The SMILES string of the molecule is CC1[C-]=CC2(C(C)C)CC12.[Li+]. The van der Waals surface area contributed by atoms with Gasteiger partial charge in [-0.05, 0) is 17.8 Å². The summed E-state index contributed by atoms with van der Waals surface area (Å²) in [6, 6.07) is 0. The summed E-state index contributed by atoms with van der Waals surface area (Å²) in [6.07, 6.45) is 7.19. The Morgan fingerprint density at radius 3 is 2.36 bits per heavy atom. The van der Waals surface area contributed by atoms with Crippen LogP contribution in [0, 0.1) is 29.2 Å². The first kappa shape index (κ1) is 9.43. The molecule has 0 heterocycles. The number of rotatable bonds is 1. The first-order valence-electron chi connectivity index (χ1n) is 4.27. The van der Waals surface area contributed by atoms with Crippen molar-refractivity contribution in [2.75, 3.05) is 0 Å². The average molecular weight is 142 g/mol. The zero-order valence-corrected chi connectivity index (χ0v) is 8.02. The third kappa shape index (κ3) is 1.12. The van der Waals surface area contributed by atoms with Gasteiger partial charge in [-0.15, -0.1) is 0 Å². The van der Waals surface area contributed by atoms with Crippen molar-refractivity contribution in [3.63, 3.8) is 0 Å². The quantitative estimate of drug-likeness (QED) is 0.347. The fourth-order valence-electron chi connectivity index (χ4n) is 2.36. The molecule has 56 valence electrons. The van der Waals surface area contributed by atoms with Crippen LogP contribution in [0.3, 0.4) is 0 Å². The van der Waals surface area contributed by atoms with E-state index in [0.717, 1.165) is 17.8 Å². The smallest absolute Gasteiger partial charge is 0.497 e. The Kier molecular flexibility index (Phi) is 2.30.